The van der Waals surface area contributed by atoms with E-state index in [0.717, 1.165) is 25.7 Å². The molecule has 0 N–H and O–H groups in total. The lowest BCUT2D eigenvalue weighted by Gasteiger charge is -2.34. The number of hydrogen-bond acceptors (Lipinski definition) is 6. The Labute approximate surface area is 202 Å². The minimum Gasteiger partial charge on any atom is -0.452 e. The average molecular weight is 488 g/mol. The highest BCUT2D eigenvalue weighted by Gasteiger charge is 2.35. The predicted molar refractivity (Wildman–Crippen MR) is 127 cm³/mol. The highest BCUT2D eigenvalue weighted by atomic mass is 32.1. The summed E-state index contributed by atoms with van der Waals surface area (Å²) < 4.78 is 18.7. The molecule has 182 valence electrons. The number of esters is 1. The van der Waals surface area contributed by atoms with Crippen molar-refractivity contribution >= 4 is 34.3 Å². The summed E-state index contributed by atoms with van der Waals surface area (Å²) in [4.78, 5) is 46.5. The molecule has 34 heavy (non-hydrogen) atoms. The molecule has 4 rings (SSSR count). The van der Waals surface area contributed by atoms with Crippen LogP contribution in [0.15, 0.2) is 35.8 Å². The number of carbonyl (C=O) groups excluding carboxylic acids is 3. The van der Waals surface area contributed by atoms with E-state index in [0.29, 0.717) is 36.6 Å². The second-order valence-electron chi connectivity index (χ2n) is 8.97. The monoisotopic (exact) mass is 487 g/mol. The zero-order chi connectivity index (χ0) is 24.1. The van der Waals surface area contributed by atoms with Gasteiger partial charge in [-0.1, -0.05) is 19.3 Å². The number of hydrogen-bond donors (Lipinski definition) is 0. The first-order valence-electron chi connectivity index (χ1n) is 11.9. The molecule has 1 saturated carbocycles. The Kier molecular flexibility index (Phi) is 7.92. The van der Waals surface area contributed by atoms with Crippen molar-refractivity contribution in [2.45, 2.75) is 64.0 Å². The van der Waals surface area contributed by atoms with E-state index in [2.05, 4.69) is 4.98 Å². The van der Waals surface area contributed by atoms with Gasteiger partial charge in [0.1, 0.15) is 5.82 Å². The predicted octanol–water partition coefficient (Wildman–Crippen LogP) is 4.43. The minimum absolute atomic E-state index is 0.0780. The number of piperidine rings is 1. The number of halogens is 1. The third kappa shape index (κ3) is 5.63. The van der Waals surface area contributed by atoms with Crippen LogP contribution >= 0.6 is 11.3 Å². The zero-order valence-electron chi connectivity index (χ0n) is 19.3. The van der Waals surface area contributed by atoms with Crippen LogP contribution in [0.4, 0.5) is 9.52 Å². The number of likely N-dealkylation sites (tertiary alicyclic amines) is 1. The van der Waals surface area contributed by atoms with Gasteiger partial charge in [-0.25, -0.2) is 9.37 Å². The summed E-state index contributed by atoms with van der Waals surface area (Å²) in [6.45, 7) is 2.44. The van der Waals surface area contributed by atoms with Crippen molar-refractivity contribution in [2.24, 2.45) is 5.92 Å². The largest absolute Gasteiger partial charge is 0.452 e. The Bertz CT molecular complexity index is 984. The number of amides is 2. The highest BCUT2D eigenvalue weighted by Crippen LogP contribution is 2.30. The van der Waals surface area contributed by atoms with Crippen molar-refractivity contribution in [2.75, 3.05) is 18.0 Å². The van der Waals surface area contributed by atoms with E-state index in [1.54, 1.807) is 22.9 Å². The van der Waals surface area contributed by atoms with Gasteiger partial charge in [0.15, 0.2) is 11.2 Å². The van der Waals surface area contributed by atoms with Gasteiger partial charge in [0.25, 0.3) is 11.8 Å². The van der Waals surface area contributed by atoms with Gasteiger partial charge < -0.3 is 9.64 Å². The van der Waals surface area contributed by atoms with Gasteiger partial charge in [-0.05, 0) is 56.9 Å². The molecule has 1 atom stereocenters. The Balaban J connectivity index is 1.32. The molecule has 2 amide bonds. The number of rotatable bonds is 6. The van der Waals surface area contributed by atoms with Gasteiger partial charge in [0.2, 0.25) is 0 Å². The van der Waals surface area contributed by atoms with Crippen LogP contribution in [0.1, 0.15) is 62.2 Å². The summed E-state index contributed by atoms with van der Waals surface area (Å²) in [5, 5.41) is 2.49. The summed E-state index contributed by atoms with van der Waals surface area (Å²) in [6, 6.07) is 5.53. The molecule has 1 aromatic carbocycles. The molecule has 9 heteroatoms. The molecule has 2 aliphatic rings. The molecular weight excluding hydrogens is 457 g/mol. The van der Waals surface area contributed by atoms with Crippen LogP contribution in [0.2, 0.25) is 0 Å². The molecule has 7 nitrogen and oxygen atoms in total. The van der Waals surface area contributed by atoms with Crippen LogP contribution < -0.4 is 4.90 Å². The molecular formula is C25H30FN3O4S. The van der Waals surface area contributed by atoms with Gasteiger partial charge >= 0.3 is 5.97 Å². The van der Waals surface area contributed by atoms with Crippen molar-refractivity contribution in [3.8, 4) is 0 Å². The van der Waals surface area contributed by atoms with E-state index < -0.39 is 17.9 Å². The van der Waals surface area contributed by atoms with Crippen LogP contribution in [0.5, 0.6) is 0 Å². The van der Waals surface area contributed by atoms with Crippen molar-refractivity contribution in [1.82, 2.24) is 9.88 Å². The van der Waals surface area contributed by atoms with Crippen LogP contribution in [-0.2, 0) is 14.3 Å². The molecule has 1 saturated heterocycles. The van der Waals surface area contributed by atoms with Gasteiger partial charge in [-0.2, -0.15) is 0 Å². The number of anilines is 1. The molecule has 0 spiro atoms. The van der Waals surface area contributed by atoms with E-state index in [-0.39, 0.29) is 23.8 Å². The van der Waals surface area contributed by atoms with Gasteiger partial charge in [0, 0.05) is 36.3 Å². The van der Waals surface area contributed by atoms with Crippen molar-refractivity contribution in [1.29, 1.82) is 0 Å². The summed E-state index contributed by atoms with van der Waals surface area (Å²) >= 11 is 1.41. The topological polar surface area (TPSA) is 79.8 Å². The Hall–Kier alpha value is -2.81. The number of aromatic nitrogens is 1. The van der Waals surface area contributed by atoms with Gasteiger partial charge in [-0.3, -0.25) is 19.3 Å². The lowest BCUT2D eigenvalue weighted by atomic mass is 9.94. The number of thiazole rings is 1. The zero-order valence-corrected chi connectivity index (χ0v) is 20.1. The fraction of sp³-hybridized carbons (Fsp3) is 0.520. The first-order chi connectivity index (χ1) is 16.4. The quantitative estimate of drug-likeness (QED) is 0.563. The van der Waals surface area contributed by atoms with Crippen LogP contribution in [0, 0.1) is 11.7 Å². The Morgan fingerprint density at radius 2 is 1.76 bits per heavy atom. The molecule has 1 aliphatic carbocycles. The normalized spacial score (nSPS) is 18.4. The maximum Gasteiger partial charge on any atom is 0.309 e. The second kappa shape index (κ2) is 11.1. The van der Waals surface area contributed by atoms with Crippen LogP contribution in [0.25, 0.3) is 0 Å². The molecule has 2 heterocycles. The molecule has 2 aromatic rings. The van der Waals surface area contributed by atoms with Gasteiger partial charge in [-0.15, -0.1) is 11.3 Å². The Morgan fingerprint density at radius 1 is 1.09 bits per heavy atom. The molecule has 2 fully saturated rings. The van der Waals surface area contributed by atoms with Crippen molar-refractivity contribution in [3.05, 3.63) is 47.2 Å². The summed E-state index contributed by atoms with van der Waals surface area (Å²) in [5.74, 6) is -1.58. The van der Waals surface area contributed by atoms with E-state index in [1.807, 2.05) is 5.38 Å². The lowest BCUT2D eigenvalue weighted by Crippen LogP contribution is -2.48. The Morgan fingerprint density at radius 3 is 2.38 bits per heavy atom. The molecule has 0 bridgehead atoms. The number of ether oxygens (including phenoxy) is 1. The summed E-state index contributed by atoms with van der Waals surface area (Å²) in [7, 11) is 0. The maximum absolute atomic E-state index is 13.3. The standard InChI is InChI=1S/C25H30FN3O4S/c1-17(22(30)29(25-27-13-16-34-25)21-5-3-2-4-6-21)33-24(32)19-11-14-28(15-12-19)23(31)18-7-9-20(26)10-8-18/h7-10,13,16-17,19,21H,2-6,11-12,14-15H2,1H3. The minimum atomic E-state index is -0.905. The molecule has 0 radical (unpaired) electrons. The first-order valence-corrected chi connectivity index (χ1v) is 12.8. The van der Waals surface area contributed by atoms with E-state index in [4.69, 9.17) is 4.74 Å². The van der Waals surface area contributed by atoms with E-state index in [1.165, 1.54) is 42.0 Å². The second-order valence-corrected chi connectivity index (χ2v) is 9.84. The summed E-state index contributed by atoms with van der Waals surface area (Å²) in [6.07, 6.45) is 6.87. The smallest absolute Gasteiger partial charge is 0.309 e. The number of carbonyl (C=O) groups is 3. The van der Waals surface area contributed by atoms with Gasteiger partial charge in [0.05, 0.1) is 5.92 Å². The van der Waals surface area contributed by atoms with E-state index >= 15 is 0 Å². The third-order valence-corrected chi connectivity index (χ3v) is 7.42. The van der Waals surface area contributed by atoms with Crippen molar-refractivity contribution in [3.63, 3.8) is 0 Å². The van der Waals surface area contributed by atoms with Crippen molar-refractivity contribution < 1.29 is 23.5 Å². The molecule has 1 unspecified atom stereocenters. The lowest BCUT2D eigenvalue weighted by molar-refractivity contribution is -0.159. The fourth-order valence-electron chi connectivity index (χ4n) is 4.71. The average Bonchev–Trinajstić information content (AvgIpc) is 3.39. The van der Waals surface area contributed by atoms with E-state index in [9.17, 15) is 18.8 Å². The highest BCUT2D eigenvalue weighted by molar-refractivity contribution is 7.13. The molecule has 1 aliphatic heterocycles. The molecule has 1 aromatic heterocycles. The third-order valence-electron chi connectivity index (χ3n) is 6.65. The fourth-order valence-corrected chi connectivity index (χ4v) is 5.43. The SMILES string of the molecule is CC(OC(=O)C1CCN(C(=O)c2ccc(F)cc2)CC1)C(=O)N(c1nccs1)C1CCCCC1. The maximum atomic E-state index is 13.3. The summed E-state index contributed by atoms with van der Waals surface area (Å²) in [5.41, 5.74) is 0.423. The van der Waals surface area contributed by atoms with Crippen LogP contribution in [-0.4, -0.2) is 52.9 Å². The number of benzene rings is 1. The first kappa shape index (κ1) is 24.3. The van der Waals surface area contributed by atoms with Crippen LogP contribution in [0.3, 0.4) is 0 Å². The number of nitrogens with zero attached hydrogens (tertiary/aromatic N) is 3.